The first-order valence-electron chi connectivity index (χ1n) is 9.70. The van der Waals surface area contributed by atoms with Gasteiger partial charge in [-0.3, -0.25) is 4.79 Å². The van der Waals surface area contributed by atoms with Crippen molar-refractivity contribution in [3.8, 4) is 11.3 Å². The Morgan fingerprint density at radius 3 is 2.43 bits per heavy atom. The Bertz CT molecular complexity index is 945. The largest absolute Gasteiger partial charge is 0.357 e. The van der Waals surface area contributed by atoms with Crippen LogP contribution in [0, 0.1) is 6.92 Å². The molecule has 28 heavy (non-hydrogen) atoms. The van der Waals surface area contributed by atoms with Crippen molar-refractivity contribution in [3.63, 3.8) is 0 Å². The summed E-state index contributed by atoms with van der Waals surface area (Å²) in [6.45, 7) is 4.68. The molecular weight excluding hydrogens is 348 g/mol. The van der Waals surface area contributed by atoms with Crippen LogP contribution >= 0.6 is 0 Å². The molecule has 1 N–H and O–H groups in total. The second-order valence-electron chi connectivity index (χ2n) is 7.20. The van der Waals surface area contributed by atoms with E-state index in [4.69, 9.17) is 0 Å². The van der Waals surface area contributed by atoms with Crippen molar-refractivity contribution in [1.29, 1.82) is 0 Å². The van der Waals surface area contributed by atoms with Crippen LogP contribution in [0.5, 0.6) is 0 Å². The summed E-state index contributed by atoms with van der Waals surface area (Å²) in [5, 5.41) is 2.97. The van der Waals surface area contributed by atoms with Gasteiger partial charge in [0.1, 0.15) is 12.1 Å². The maximum absolute atomic E-state index is 12.4. The highest BCUT2D eigenvalue weighted by Crippen LogP contribution is 2.23. The van der Waals surface area contributed by atoms with Gasteiger partial charge in [-0.05, 0) is 37.5 Å². The lowest BCUT2D eigenvalue weighted by molar-refractivity contribution is 0.0951. The molecule has 1 fully saturated rings. The number of benzene rings is 2. The van der Waals surface area contributed by atoms with Crippen molar-refractivity contribution in [2.24, 2.45) is 0 Å². The maximum atomic E-state index is 12.4. The lowest BCUT2D eigenvalue weighted by Gasteiger charge is -2.16. The molecule has 0 atom stereocenters. The summed E-state index contributed by atoms with van der Waals surface area (Å²) in [5.41, 5.74) is 4.81. The number of rotatable bonds is 5. The first-order chi connectivity index (χ1) is 13.7. The molecule has 5 heteroatoms. The van der Waals surface area contributed by atoms with Crippen molar-refractivity contribution < 1.29 is 4.79 Å². The fourth-order valence-electron chi connectivity index (χ4n) is 3.41. The molecular formula is C23H24N4O. The fourth-order valence-corrected chi connectivity index (χ4v) is 3.41. The van der Waals surface area contributed by atoms with E-state index >= 15 is 0 Å². The minimum Gasteiger partial charge on any atom is -0.357 e. The van der Waals surface area contributed by atoms with E-state index in [2.05, 4.69) is 39.2 Å². The third kappa shape index (κ3) is 4.19. The highest BCUT2D eigenvalue weighted by atomic mass is 16.1. The van der Waals surface area contributed by atoms with E-state index in [9.17, 15) is 4.79 Å². The molecule has 0 bridgehead atoms. The highest BCUT2D eigenvalue weighted by molar-refractivity contribution is 5.94. The average molecular weight is 372 g/mol. The molecule has 4 rings (SSSR count). The third-order valence-corrected chi connectivity index (χ3v) is 5.10. The van der Waals surface area contributed by atoms with Crippen LogP contribution in [0.4, 0.5) is 5.82 Å². The van der Waals surface area contributed by atoms with Gasteiger partial charge < -0.3 is 10.2 Å². The van der Waals surface area contributed by atoms with E-state index < -0.39 is 0 Å². The van der Waals surface area contributed by atoms with Crippen LogP contribution in [-0.4, -0.2) is 29.0 Å². The molecule has 1 aliphatic heterocycles. The van der Waals surface area contributed by atoms with Crippen molar-refractivity contribution in [1.82, 2.24) is 15.3 Å². The summed E-state index contributed by atoms with van der Waals surface area (Å²) < 4.78 is 0. The number of carbonyl (C=O) groups is 1. The molecule has 1 amide bonds. The molecule has 1 aromatic heterocycles. The SMILES string of the molecule is Cc1ccc(CNC(=O)c2ccc(-c3cc(N4CCCC4)ncn3)cc2)cc1. The molecule has 0 spiro atoms. The van der Waals surface area contributed by atoms with Gasteiger partial charge in [0.15, 0.2) is 0 Å². The molecule has 5 nitrogen and oxygen atoms in total. The Labute approximate surface area is 165 Å². The topological polar surface area (TPSA) is 58.1 Å². The smallest absolute Gasteiger partial charge is 0.251 e. The first-order valence-corrected chi connectivity index (χ1v) is 9.70. The standard InChI is InChI=1S/C23H24N4O/c1-17-4-6-18(7-5-17)15-24-23(28)20-10-8-19(9-11-20)21-14-22(26-16-25-21)27-12-2-3-13-27/h4-11,14,16H,2-3,12-13,15H2,1H3,(H,24,28). The van der Waals surface area contributed by atoms with Crippen LogP contribution in [-0.2, 0) is 6.54 Å². The maximum Gasteiger partial charge on any atom is 0.251 e. The Kier molecular flexibility index (Phi) is 5.33. The van der Waals surface area contributed by atoms with E-state index in [-0.39, 0.29) is 5.91 Å². The lowest BCUT2D eigenvalue weighted by atomic mass is 10.1. The van der Waals surface area contributed by atoms with E-state index in [1.54, 1.807) is 6.33 Å². The van der Waals surface area contributed by atoms with Crippen LogP contribution in [0.2, 0.25) is 0 Å². The third-order valence-electron chi connectivity index (χ3n) is 5.10. The number of hydrogen-bond acceptors (Lipinski definition) is 4. The minimum atomic E-state index is -0.0763. The van der Waals surface area contributed by atoms with Gasteiger partial charge in [-0.2, -0.15) is 0 Å². The fraction of sp³-hybridized carbons (Fsp3) is 0.261. The van der Waals surface area contributed by atoms with Gasteiger partial charge in [0.2, 0.25) is 0 Å². The zero-order valence-corrected chi connectivity index (χ0v) is 16.1. The van der Waals surface area contributed by atoms with Crippen molar-refractivity contribution in [2.45, 2.75) is 26.3 Å². The molecule has 0 saturated carbocycles. The summed E-state index contributed by atoms with van der Waals surface area (Å²) >= 11 is 0. The number of aromatic nitrogens is 2. The van der Waals surface area contributed by atoms with Crippen molar-refractivity contribution >= 4 is 11.7 Å². The number of nitrogens with one attached hydrogen (secondary N) is 1. The Balaban J connectivity index is 1.42. The number of anilines is 1. The molecule has 0 radical (unpaired) electrons. The quantitative estimate of drug-likeness (QED) is 0.736. The second-order valence-corrected chi connectivity index (χ2v) is 7.20. The van der Waals surface area contributed by atoms with Crippen LogP contribution in [0.15, 0.2) is 60.9 Å². The monoisotopic (exact) mass is 372 g/mol. The molecule has 1 aliphatic rings. The summed E-state index contributed by atoms with van der Waals surface area (Å²) in [6, 6.07) is 17.8. The number of hydrogen-bond donors (Lipinski definition) is 1. The number of aryl methyl sites for hydroxylation is 1. The summed E-state index contributed by atoms with van der Waals surface area (Å²) in [6.07, 6.45) is 4.04. The van der Waals surface area contributed by atoms with Gasteiger partial charge in [0.05, 0.1) is 5.69 Å². The summed E-state index contributed by atoms with van der Waals surface area (Å²) in [5.74, 6) is 0.898. The number of nitrogens with zero attached hydrogens (tertiary/aromatic N) is 3. The van der Waals surface area contributed by atoms with Gasteiger partial charge in [-0.1, -0.05) is 42.0 Å². The van der Waals surface area contributed by atoms with Crippen molar-refractivity contribution in [3.05, 3.63) is 77.6 Å². The average Bonchev–Trinajstić information content (AvgIpc) is 3.28. The molecule has 1 saturated heterocycles. The van der Waals surface area contributed by atoms with Crippen molar-refractivity contribution in [2.75, 3.05) is 18.0 Å². The zero-order valence-electron chi connectivity index (χ0n) is 16.1. The predicted molar refractivity (Wildman–Crippen MR) is 111 cm³/mol. The molecule has 142 valence electrons. The Hall–Kier alpha value is -3.21. The summed E-state index contributed by atoms with van der Waals surface area (Å²) in [7, 11) is 0. The molecule has 2 heterocycles. The van der Waals surface area contributed by atoms with Gasteiger partial charge in [0.25, 0.3) is 5.91 Å². The van der Waals surface area contributed by atoms with Gasteiger partial charge in [-0.25, -0.2) is 9.97 Å². The summed E-state index contributed by atoms with van der Waals surface area (Å²) in [4.78, 5) is 23.5. The van der Waals surface area contributed by atoms with Crippen LogP contribution in [0.3, 0.4) is 0 Å². The normalized spacial score (nSPS) is 13.5. The number of carbonyl (C=O) groups excluding carboxylic acids is 1. The van der Waals surface area contributed by atoms with Gasteiger partial charge in [0, 0.05) is 36.8 Å². The van der Waals surface area contributed by atoms with Crippen LogP contribution in [0.1, 0.15) is 34.3 Å². The number of amides is 1. The molecule has 0 unspecified atom stereocenters. The lowest BCUT2D eigenvalue weighted by Crippen LogP contribution is -2.22. The van der Waals surface area contributed by atoms with E-state index in [0.717, 1.165) is 35.7 Å². The highest BCUT2D eigenvalue weighted by Gasteiger charge is 2.14. The minimum absolute atomic E-state index is 0.0763. The Morgan fingerprint density at radius 1 is 1.00 bits per heavy atom. The Morgan fingerprint density at radius 2 is 1.71 bits per heavy atom. The predicted octanol–water partition coefficient (Wildman–Crippen LogP) is 3.98. The van der Waals surface area contributed by atoms with Crippen LogP contribution < -0.4 is 10.2 Å². The van der Waals surface area contributed by atoms with Crippen LogP contribution in [0.25, 0.3) is 11.3 Å². The zero-order chi connectivity index (χ0) is 19.3. The molecule has 0 aliphatic carbocycles. The van der Waals surface area contributed by atoms with Gasteiger partial charge in [-0.15, -0.1) is 0 Å². The molecule has 2 aromatic carbocycles. The van der Waals surface area contributed by atoms with E-state index in [1.165, 1.54) is 18.4 Å². The van der Waals surface area contributed by atoms with E-state index in [0.29, 0.717) is 12.1 Å². The van der Waals surface area contributed by atoms with Gasteiger partial charge >= 0.3 is 0 Å². The van der Waals surface area contributed by atoms with E-state index in [1.807, 2.05) is 42.5 Å². The molecule has 3 aromatic rings. The first kappa shape index (κ1) is 18.2. The second kappa shape index (κ2) is 8.21.